The van der Waals surface area contributed by atoms with Crippen molar-refractivity contribution in [3.05, 3.63) is 51.4 Å². The van der Waals surface area contributed by atoms with Crippen LogP contribution >= 0.6 is 15.9 Å². The monoisotopic (exact) mass is 307 g/mol. The van der Waals surface area contributed by atoms with Gasteiger partial charge in [0.25, 0.3) is 0 Å². The summed E-state index contributed by atoms with van der Waals surface area (Å²) >= 11 is 3.52. The summed E-state index contributed by atoms with van der Waals surface area (Å²) in [6, 6.07) is 8.42. The second kappa shape index (κ2) is 5.19. The third kappa shape index (κ3) is 2.78. The summed E-state index contributed by atoms with van der Waals surface area (Å²) in [5, 5.41) is 3.52. The van der Waals surface area contributed by atoms with Gasteiger partial charge in [0.15, 0.2) is 0 Å². The summed E-state index contributed by atoms with van der Waals surface area (Å²) in [4.78, 5) is 0. The largest absolute Gasteiger partial charge is 0.464 e. The van der Waals surface area contributed by atoms with Crippen molar-refractivity contribution in [1.29, 1.82) is 0 Å². The Hall–Kier alpha value is -1.22. The van der Waals surface area contributed by atoms with Crippen LogP contribution in [-0.4, -0.2) is 0 Å². The Morgan fingerprint density at radius 2 is 1.72 bits per heavy atom. The van der Waals surface area contributed by atoms with Crippen LogP contribution in [0.1, 0.15) is 35.6 Å². The second-order valence-corrected chi connectivity index (χ2v) is 5.64. The van der Waals surface area contributed by atoms with Gasteiger partial charge in [0.2, 0.25) is 0 Å². The van der Waals surface area contributed by atoms with E-state index in [1.807, 2.05) is 19.1 Å². The van der Waals surface area contributed by atoms with E-state index in [1.165, 1.54) is 16.8 Å². The molecule has 18 heavy (non-hydrogen) atoms. The van der Waals surface area contributed by atoms with Crippen molar-refractivity contribution in [3.63, 3.8) is 0 Å². The summed E-state index contributed by atoms with van der Waals surface area (Å²) in [5.74, 6) is 1.91. The Kier molecular flexibility index (Phi) is 3.81. The zero-order chi connectivity index (χ0) is 13.3. The van der Waals surface area contributed by atoms with E-state index in [-0.39, 0.29) is 6.04 Å². The van der Waals surface area contributed by atoms with Crippen LogP contribution in [0.5, 0.6) is 0 Å². The number of halogens is 1. The van der Waals surface area contributed by atoms with Crippen LogP contribution in [0.4, 0.5) is 5.69 Å². The molecule has 0 aliphatic carbocycles. The number of furan rings is 1. The first-order chi connectivity index (χ1) is 8.47. The molecule has 1 heterocycles. The number of benzene rings is 1. The average Bonchev–Trinajstić information content (AvgIpc) is 2.70. The summed E-state index contributed by atoms with van der Waals surface area (Å²) in [6.07, 6.45) is 0. The van der Waals surface area contributed by atoms with E-state index in [0.717, 1.165) is 16.0 Å². The quantitative estimate of drug-likeness (QED) is 0.849. The molecule has 0 fully saturated rings. The molecule has 2 aromatic rings. The standard InChI is InChI=1S/C15H18BrNO/c1-9-7-13(16)8-10(2)15(9)17-12(4)14-6-5-11(3)18-14/h5-8,12,17H,1-4H3. The van der Waals surface area contributed by atoms with E-state index < -0.39 is 0 Å². The lowest BCUT2D eigenvalue weighted by Gasteiger charge is -2.18. The van der Waals surface area contributed by atoms with Crippen LogP contribution < -0.4 is 5.32 Å². The van der Waals surface area contributed by atoms with Crippen molar-refractivity contribution in [1.82, 2.24) is 0 Å². The number of anilines is 1. The normalized spacial score (nSPS) is 12.5. The zero-order valence-corrected chi connectivity index (χ0v) is 12.8. The maximum absolute atomic E-state index is 5.65. The highest BCUT2D eigenvalue weighted by Gasteiger charge is 2.12. The fourth-order valence-electron chi connectivity index (χ4n) is 2.11. The third-order valence-corrected chi connectivity index (χ3v) is 3.50. The van der Waals surface area contributed by atoms with Gasteiger partial charge in [0.1, 0.15) is 11.5 Å². The Morgan fingerprint density at radius 3 is 2.22 bits per heavy atom. The lowest BCUT2D eigenvalue weighted by Crippen LogP contribution is -2.08. The van der Waals surface area contributed by atoms with Crippen LogP contribution in [0.3, 0.4) is 0 Å². The molecule has 2 rings (SSSR count). The molecule has 1 atom stereocenters. The Balaban J connectivity index is 2.24. The molecule has 1 aromatic carbocycles. The predicted molar refractivity (Wildman–Crippen MR) is 79.1 cm³/mol. The highest BCUT2D eigenvalue weighted by Crippen LogP contribution is 2.29. The van der Waals surface area contributed by atoms with Crippen LogP contribution in [0, 0.1) is 20.8 Å². The van der Waals surface area contributed by atoms with Crippen molar-refractivity contribution in [2.45, 2.75) is 33.7 Å². The number of aryl methyl sites for hydroxylation is 3. The van der Waals surface area contributed by atoms with E-state index in [4.69, 9.17) is 4.42 Å². The lowest BCUT2D eigenvalue weighted by molar-refractivity contribution is 0.467. The van der Waals surface area contributed by atoms with Crippen LogP contribution in [0.2, 0.25) is 0 Å². The number of hydrogen-bond donors (Lipinski definition) is 1. The second-order valence-electron chi connectivity index (χ2n) is 4.73. The highest BCUT2D eigenvalue weighted by atomic mass is 79.9. The van der Waals surface area contributed by atoms with Gasteiger partial charge in [-0.15, -0.1) is 0 Å². The van der Waals surface area contributed by atoms with Gasteiger partial charge in [-0.2, -0.15) is 0 Å². The Bertz CT molecular complexity index is 536. The molecular weight excluding hydrogens is 290 g/mol. The molecule has 0 bridgehead atoms. The van der Waals surface area contributed by atoms with Gasteiger partial charge in [-0.1, -0.05) is 15.9 Å². The van der Waals surface area contributed by atoms with Gasteiger partial charge < -0.3 is 9.73 Å². The van der Waals surface area contributed by atoms with Crippen LogP contribution in [-0.2, 0) is 0 Å². The van der Waals surface area contributed by atoms with Gasteiger partial charge >= 0.3 is 0 Å². The summed E-state index contributed by atoms with van der Waals surface area (Å²) in [6.45, 7) is 8.30. The molecular formula is C15H18BrNO. The summed E-state index contributed by atoms with van der Waals surface area (Å²) in [7, 11) is 0. The number of hydrogen-bond acceptors (Lipinski definition) is 2. The molecule has 2 nitrogen and oxygen atoms in total. The maximum Gasteiger partial charge on any atom is 0.126 e. The average molecular weight is 308 g/mol. The van der Waals surface area contributed by atoms with Gasteiger partial charge in [0, 0.05) is 10.2 Å². The van der Waals surface area contributed by atoms with E-state index in [1.54, 1.807) is 0 Å². The van der Waals surface area contributed by atoms with E-state index in [2.05, 4.69) is 54.2 Å². The van der Waals surface area contributed by atoms with Gasteiger partial charge in [-0.3, -0.25) is 0 Å². The molecule has 1 unspecified atom stereocenters. The van der Waals surface area contributed by atoms with Gasteiger partial charge in [-0.05, 0) is 63.1 Å². The SMILES string of the molecule is Cc1ccc(C(C)Nc2c(C)cc(Br)cc2C)o1. The topological polar surface area (TPSA) is 25.2 Å². The molecule has 3 heteroatoms. The molecule has 0 aliphatic heterocycles. The van der Waals surface area contributed by atoms with E-state index in [0.29, 0.717) is 0 Å². The highest BCUT2D eigenvalue weighted by molar-refractivity contribution is 9.10. The molecule has 0 spiro atoms. The van der Waals surface area contributed by atoms with Gasteiger partial charge in [-0.25, -0.2) is 0 Å². The molecule has 1 N–H and O–H groups in total. The number of nitrogens with one attached hydrogen (secondary N) is 1. The van der Waals surface area contributed by atoms with E-state index in [9.17, 15) is 0 Å². The lowest BCUT2D eigenvalue weighted by atomic mass is 10.1. The summed E-state index contributed by atoms with van der Waals surface area (Å²) in [5.41, 5.74) is 3.65. The molecule has 1 aromatic heterocycles. The van der Waals surface area contributed by atoms with Crippen molar-refractivity contribution in [2.24, 2.45) is 0 Å². The Morgan fingerprint density at radius 1 is 1.11 bits per heavy atom. The maximum atomic E-state index is 5.65. The first kappa shape index (κ1) is 13.2. The van der Waals surface area contributed by atoms with E-state index >= 15 is 0 Å². The molecule has 0 radical (unpaired) electrons. The minimum absolute atomic E-state index is 0.164. The first-order valence-electron chi connectivity index (χ1n) is 6.07. The fraction of sp³-hybridized carbons (Fsp3) is 0.333. The smallest absolute Gasteiger partial charge is 0.126 e. The van der Waals surface area contributed by atoms with Crippen LogP contribution in [0.25, 0.3) is 0 Å². The minimum Gasteiger partial charge on any atom is -0.464 e. The molecule has 0 amide bonds. The fourth-order valence-corrected chi connectivity index (χ4v) is 2.80. The third-order valence-electron chi connectivity index (χ3n) is 3.05. The molecule has 0 aliphatic rings. The Labute approximate surface area is 117 Å². The van der Waals surface area contributed by atoms with Crippen molar-refractivity contribution in [3.8, 4) is 0 Å². The van der Waals surface area contributed by atoms with Crippen molar-refractivity contribution < 1.29 is 4.42 Å². The summed E-state index contributed by atoms with van der Waals surface area (Å²) < 4.78 is 6.76. The molecule has 96 valence electrons. The first-order valence-corrected chi connectivity index (χ1v) is 6.86. The molecule has 0 saturated carbocycles. The van der Waals surface area contributed by atoms with Crippen molar-refractivity contribution >= 4 is 21.6 Å². The number of rotatable bonds is 3. The zero-order valence-electron chi connectivity index (χ0n) is 11.2. The van der Waals surface area contributed by atoms with Crippen LogP contribution in [0.15, 0.2) is 33.2 Å². The van der Waals surface area contributed by atoms with Gasteiger partial charge in [0.05, 0.1) is 6.04 Å². The molecule has 0 saturated heterocycles. The minimum atomic E-state index is 0.164. The van der Waals surface area contributed by atoms with Crippen molar-refractivity contribution in [2.75, 3.05) is 5.32 Å². The predicted octanol–water partition coefficient (Wildman–Crippen LogP) is 5.14.